The molecule has 102 valence electrons. The Labute approximate surface area is 113 Å². The van der Waals surface area contributed by atoms with E-state index in [1.54, 1.807) is 35.0 Å². The van der Waals surface area contributed by atoms with Crippen LogP contribution in [0.15, 0.2) is 18.2 Å². The minimum absolute atomic E-state index is 0.0157. The maximum absolute atomic E-state index is 12.4. The summed E-state index contributed by atoms with van der Waals surface area (Å²) in [5.74, 6) is -0.121. The summed E-state index contributed by atoms with van der Waals surface area (Å²) in [7, 11) is 1.77. The van der Waals surface area contributed by atoms with Crippen molar-refractivity contribution in [3.05, 3.63) is 29.3 Å². The summed E-state index contributed by atoms with van der Waals surface area (Å²) in [4.78, 5) is 27.5. The summed E-state index contributed by atoms with van der Waals surface area (Å²) in [5.41, 5.74) is 7.88. The van der Waals surface area contributed by atoms with E-state index in [9.17, 15) is 9.59 Å². The van der Waals surface area contributed by atoms with Crippen molar-refractivity contribution in [2.45, 2.75) is 13.3 Å². The minimum atomic E-state index is -0.105. The molecule has 5 nitrogen and oxygen atoms in total. The molecule has 2 amide bonds. The van der Waals surface area contributed by atoms with Crippen LogP contribution < -0.4 is 5.73 Å². The van der Waals surface area contributed by atoms with Gasteiger partial charge in [-0.2, -0.15) is 0 Å². The molecule has 0 radical (unpaired) electrons. The molecule has 1 saturated heterocycles. The standard InChI is InChI=1S/C14H19N3O2/c1-10-8-11(4-5-12(10)15)14(19)17-7-3-6-16(2)13(18)9-17/h4-5,8H,3,6-7,9,15H2,1-2H3. The van der Waals surface area contributed by atoms with Crippen LogP contribution in [0.1, 0.15) is 22.3 Å². The van der Waals surface area contributed by atoms with Crippen LogP contribution >= 0.6 is 0 Å². The number of anilines is 1. The smallest absolute Gasteiger partial charge is 0.254 e. The number of nitrogens with two attached hydrogens (primary N) is 1. The fourth-order valence-electron chi connectivity index (χ4n) is 2.15. The molecule has 19 heavy (non-hydrogen) atoms. The largest absolute Gasteiger partial charge is 0.399 e. The van der Waals surface area contributed by atoms with E-state index < -0.39 is 0 Å². The second-order valence-electron chi connectivity index (χ2n) is 4.97. The number of carbonyl (C=O) groups excluding carboxylic acids is 2. The van der Waals surface area contributed by atoms with Gasteiger partial charge in [-0.05, 0) is 37.1 Å². The highest BCUT2D eigenvalue weighted by atomic mass is 16.2. The second-order valence-corrected chi connectivity index (χ2v) is 4.97. The highest BCUT2D eigenvalue weighted by molar-refractivity contribution is 5.97. The number of nitrogen functional groups attached to an aromatic ring is 1. The van der Waals surface area contributed by atoms with Gasteiger partial charge in [0.25, 0.3) is 5.91 Å². The highest BCUT2D eigenvalue weighted by Gasteiger charge is 2.23. The first-order valence-electron chi connectivity index (χ1n) is 6.38. The lowest BCUT2D eigenvalue weighted by molar-refractivity contribution is -0.129. The number of hydrogen-bond donors (Lipinski definition) is 1. The molecule has 0 bridgehead atoms. The van der Waals surface area contributed by atoms with Gasteiger partial charge in [0.1, 0.15) is 6.54 Å². The van der Waals surface area contributed by atoms with Crippen molar-refractivity contribution < 1.29 is 9.59 Å². The van der Waals surface area contributed by atoms with Crippen LogP contribution in [0, 0.1) is 6.92 Å². The van der Waals surface area contributed by atoms with Crippen molar-refractivity contribution in [3.8, 4) is 0 Å². The summed E-state index contributed by atoms with van der Waals surface area (Å²) in [6, 6.07) is 5.22. The first-order valence-corrected chi connectivity index (χ1v) is 6.38. The maximum atomic E-state index is 12.4. The summed E-state index contributed by atoms with van der Waals surface area (Å²) in [5, 5.41) is 0. The normalized spacial score (nSPS) is 16.4. The van der Waals surface area contributed by atoms with Gasteiger partial charge in [-0.25, -0.2) is 0 Å². The molecule has 0 spiro atoms. The van der Waals surface area contributed by atoms with E-state index in [0.29, 0.717) is 24.3 Å². The highest BCUT2D eigenvalue weighted by Crippen LogP contribution is 2.15. The first kappa shape index (κ1) is 13.4. The van der Waals surface area contributed by atoms with E-state index in [0.717, 1.165) is 12.0 Å². The number of rotatable bonds is 1. The van der Waals surface area contributed by atoms with Crippen LogP contribution in [0.25, 0.3) is 0 Å². The molecule has 0 aliphatic carbocycles. The lowest BCUT2D eigenvalue weighted by atomic mass is 10.1. The Kier molecular flexibility index (Phi) is 3.74. The molecule has 2 rings (SSSR count). The molecule has 1 aliphatic heterocycles. The van der Waals surface area contributed by atoms with Gasteiger partial charge in [0.15, 0.2) is 0 Å². The minimum Gasteiger partial charge on any atom is -0.399 e. The third-order valence-corrected chi connectivity index (χ3v) is 3.48. The zero-order valence-corrected chi connectivity index (χ0v) is 11.3. The predicted molar refractivity (Wildman–Crippen MR) is 73.7 cm³/mol. The lowest BCUT2D eigenvalue weighted by Crippen LogP contribution is -2.38. The van der Waals surface area contributed by atoms with Crippen molar-refractivity contribution in [3.63, 3.8) is 0 Å². The monoisotopic (exact) mass is 261 g/mol. The average molecular weight is 261 g/mol. The summed E-state index contributed by atoms with van der Waals surface area (Å²) < 4.78 is 0. The van der Waals surface area contributed by atoms with E-state index in [1.807, 2.05) is 6.92 Å². The Bertz CT molecular complexity index is 513. The van der Waals surface area contributed by atoms with E-state index in [4.69, 9.17) is 5.73 Å². The maximum Gasteiger partial charge on any atom is 0.254 e. The van der Waals surface area contributed by atoms with Crippen LogP contribution in [0.3, 0.4) is 0 Å². The second kappa shape index (κ2) is 5.30. The fraction of sp³-hybridized carbons (Fsp3) is 0.429. The lowest BCUT2D eigenvalue weighted by Gasteiger charge is -2.20. The number of aryl methyl sites for hydroxylation is 1. The van der Waals surface area contributed by atoms with E-state index in [-0.39, 0.29) is 18.4 Å². The van der Waals surface area contributed by atoms with Crippen molar-refractivity contribution in [1.29, 1.82) is 0 Å². The van der Waals surface area contributed by atoms with E-state index in [2.05, 4.69) is 0 Å². The molecule has 0 aromatic heterocycles. The number of carbonyl (C=O) groups is 2. The Morgan fingerprint density at radius 3 is 2.74 bits per heavy atom. The molecule has 1 fully saturated rings. The first-order chi connectivity index (χ1) is 8.99. The molecule has 0 atom stereocenters. The van der Waals surface area contributed by atoms with E-state index >= 15 is 0 Å². The number of hydrogen-bond acceptors (Lipinski definition) is 3. The van der Waals surface area contributed by atoms with E-state index in [1.165, 1.54) is 0 Å². The van der Waals surface area contributed by atoms with Gasteiger partial charge in [-0.3, -0.25) is 9.59 Å². The third kappa shape index (κ3) is 2.86. The molecular weight excluding hydrogens is 242 g/mol. The van der Waals surface area contributed by atoms with Gasteiger partial charge >= 0.3 is 0 Å². The van der Waals surface area contributed by atoms with Crippen LogP contribution in [0.4, 0.5) is 5.69 Å². The molecule has 0 unspecified atom stereocenters. The molecule has 1 aromatic carbocycles. The Balaban J connectivity index is 2.18. The molecule has 1 heterocycles. The topological polar surface area (TPSA) is 66.6 Å². The third-order valence-electron chi connectivity index (χ3n) is 3.48. The van der Waals surface area contributed by atoms with Gasteiger partial charge in [0, 0.05) is 31.4 Å². The zero-order valence-electron chi connectivity index (χ0n) is 11.3. The quantitative estimate of drug-likeness (QED) is 0.763. The predicted octanol–water partition coefficient (Wildman–Crippen LogP) is 0.882. The van der Waals surface area contributed by atoms with Gasteiger partial charge in [-0.15, -0.1) is 0 Å². The number of likely N-dealkylation sites (N-methyl/N-ethyl adjacent to an activating group) is 1. The molecule has 2 N–H and O–H groups in total. The van der Waals surface area contributed by atoms with Crippen molar-refractivity contribution in [2.75, 3.05) is 32.4 Å². The molecule has 1 aliphatic rings. The van der Waals surface area contributed by atoms with Gasteiger partial charge < -0.3 is 15.5 Å². The molecule has 0 saturated carbocycles. The van der Waals surface area contributed by atoms with Crippen LogP contribution in [-0.2, 0) is 4.79 Å². The van der Waals surface area contributed by atoms with Crippen molar-refractivity contribution in [2.24, 2.45) is 0 Å². The van der Waals surface area contributed by atoms with Crippen LogP contribution in [-0.4, -0.2) is 48.3 Å². The van der Waals surface area contributed by atoms with Gasteiger partial charge in [0.05, 0.1) is 0 Å². The van der Waals surface area contributed by atoms with Gasteiger partial charge in [-0.1, -0.05) is 0 Å². The number of benzene rings is 1. The zero-order chi connectivity index (χ0) is 14.0. The SMILES string of the molecule is Cc1cc(C(=O)N2CCCN(C)C(=O)C2)ccc1N. The number of nitrogens with zero attached hydrogens (tertiary/aromatic N) is 2. The number of amides is 2. The summed E-state index contributed by atoms with van der Waals surface area (Å²) in [6.45, 7) is 3.33. The van der Waals surface area contributed by atoms with Crippen molar-refractivity contribution >= 4 is 17.5 Å². The summed E-state index contributed by atoms with van der Waals surface area (Å²) in [6.07, 6.45) is 0.807. The molecular formula is C14H19N3O2. The molecule has 5 heteroatoms. The Morgan fingerprint density at radius 1 is 1.32 bits per heavy atom. The summed E-state index contributed by atoms with van der Waals surface area (Å²) >= 11 is 0. The Hall–Kier alpha value is -2.04. The molecule has 1 aromatic rings. The van der Waals surface area contributed by atoms with Crippen LogP contribution in [0.2, 0.25) is 0 Å². The van der Waals surface area contributed by atoms with Gasteiger partial charge in [0.2, 0.25) is 5.91 Å². The fourth-order valence-corrected chi connectivity index (χ4v) is 2.15. The van der Waals surface area contributed by atoms with Crippen molar-refractivity contribution in [1.82, 2.24) is 9.80 Å². The Morgan fingerprint density at radius 2 is 2.05 bits per heavy atom. The average Bonchev–Trinajstić information content (AvgIpc) is 2.55. The van der Waals surface area contributed by atoms with Crippen LogP contribution in [0.5, 0.6) is 0 Å².